The Morgan fingerprint density at radius 3 is 2.76 bits per heavy atom. The number of nitro groups is 1. The minimum atomic E-state index is -0.992. The third kappa shape index (κ3) is 4.83. The van der Waals surface area contributed by atoms with Crippen LogP contribution in [0, 0.1) is 21.8 Å². The maximum absolute atomic E-state index is 13.3. The Kier molecular flexibility index (Phi) is 6.32. The number of amides is 1. The molecule has 1 aromatic rings. The SMILES string of the molecule is Cl.O=C(COc1ccc([N+](=O)[O-])c(F)c1)NCC1CNC1. The molecule has 0 spiro atoms. The van der Waals surface area contributed by atoms with E-state index in [-0.39, 0.29) is 30.7 Å². The van der Waals surface area contributed by atoms with Gasteiger partial charge in [-0.15, -0.1) is 12.4 Å². The van der Waals surface area contributed by atoms with E-state index in [9.17, 15) is 19.3 Å². The zero-order valence-electron chi connectivity index (χ0n) is 11.0. The third-order valence-corrected chi connectivity index (χ3v) is 2.94. The molecular formula is C12H15ClFN3O4. The fourth-order valence-electron chi connectivity index (χ4n) is 1.68. The van der Waals surface area contributed by atoms with Crippen molar-refractivity contribution in [3.8, 4) is 5.75 Å². The van der Waals surface area contributed by atoms with E-state index < -0.39 is 16.4 Å². The molecule has 1 aromatic carbocycles. The van der Waals surface area contributed by atoms with E-state index in [4.69, 9.17) is 4.74 Å². The Bertz CT molecular complexity index is 525. The lowest BCUT2D eigenvalue weighted by Gasteiger charge is -2.27. The summed E-state index contributed by atoms with van der Waals surface area (Å²) in [6, 6.07) is 3.15. The van der Waals surface area contributed by atoms with Crippen LogP contribution in [0.1, 0.15) is 0 Å². The van der Waals surface area contributed by atoms with Crippen molar-refractivity contribution in [2.45, 2.75) is 0 Å². The first-order valence-corrected chi connectivity index (χ1v) is 6.10. The smallest absolute Gasteiger partial charge is 0.305 e. The van der Waals surface area contributed by atoms with Crippen LogP contribution >= 0.6 is 12.4 Å². The second-order valence-corrected chi connectivity index (χ2v) is 4.49. The van der Waals surface area contributed by atoms with E-state index in [0.717, 1.165) is 25.2 Å². The summed E-state index contributed by atoms with van der Waals surface area (Å²) in [4.78, 5) is 21.1. The van der Waals surface area contributed by atoms with Gasteiger partial charge in [0.15, 0.2) is 6.61 Å². The van der Waals surface area contributed by atoms with E-state index in [2.05, 4.69) is 10.6 Å². The van der Waals surface area contributed by atoms with E-state index >= 15 is 0 Å². The van der Waals surface area contributed by atoms with Gasteiger partial charge in [-0.05, 0) is 6.07 Å². The first-order valence-electron chi connectivity index (χ1n) is 6.10. The van der Waals surface area contributed by atoms with Crippen LogP contribution in [0.5, 0.6) is 5.75 Å². The molecule has 1 saturated heterocycles. The van der Waals surface area contributed by atoms with Crippen molar-refractivity contribution >= 4 is 24.0 Å². The van der Waals surface area contributed by atoms with Gasteiger partial charge in [0.2, 0.25) is 5.82 Å². The van der Waals surface area contributed by atoms with Gasteiger partial charge in [0, 0.05) is 37.7 Å². The second-order valence-electron chi connectivity index (χ2n) is 4.49. The number of rotatable bonds is 6. The van der Waals surface area contributed by atoms with Crippen LogP contribution in [0.25, 0.3) is 0 Å². The Morgan fingerprint density at radius 1 is 1.52 bits per heavy atom. The highest BCUT2D eigenvalue weighted by atomic mass is 35.5. The number of halogens is 2. The summed E-state index contributed by atoms with van der Waals surface area (Å²) in [6.07, 6.45) is 0. The molecule has 1 amide bonds. The molecule has 9 heteroatoms. The van der Waals surface area contributed by atoms with Crippen LogP contribution in [0.4, 0.5) is 10.1 Å². The van der Waals surface area contributed by atoms with E-state index in [0.29, 0.717) is 12.5 Å². The molecule has 21 heavy (non-hydrogen) atoms. The molecule has 0 radical (unpaired) electrons. The van der Waals surface area contributed by atoms with Crippen LogP contribution in [0.3, 0.4) is 0 Å². The van der Waals surface area contributed by atoms with Gasteiger partial charge in [-0.2, -0.15) is 4.39 Å². The van der Waals surface area contributed by atoms with Gasteiger partial charge in [0.05, 0.1) is 4.92 Å². The number of ether oxygens (including phenoxy) is 1. The van der Waals surface area contributed by atoms with Gasteiger partial charge in [-0.25, -0.2) is 0 Å². The van der Waals surface area contributed by atoms with Gasteiger partial charge < -0.3 is 15.4 Å². The number of carbonyl (C=O) groups is 1. The van der Waals surface area contributed by atoms with Crippen molar-refractivity contribution in [3.05, 3.63) is 34.1 Å². The summed E-state index contributed by atoms with van der Waals surface area (Å²) >= 11 is 0. The van der Waals surface area contributed by atoms with E-state index in [1.807, 2.05) is 0 Å². The fraction of sp³-hybridized carbons (Fsp3) is 0.417. The van der Waals surface area contributed by atoms with Crippen molar-refractivity contribution in [2.24, 2.45) is 5.92 Å². The molecule has 1 aliphatic rings. The van der Waals surface area contributed by atoms with Crippen molar-refractivity contribution < 1.29 is 18.8 Å². The van der Waals surface area contributed by atoms with E-state index in [1.54, 1.807) is 0 Å². The predicted molar refractivity (Wildman–Crippen MR) is 75.2 cm³/mol. The number of nitro benzene ring substituents is 1. The quantitative estimate of drug-likeness (QED) is 0.599. The van der Waals surface area contributed by atoms with Crippen molar-refractivity contribution in [1.82, 2.24) is 10.6 Å². The number of hydrogen-bond donors (Lipinski definition) is 2. The lowest BCUT2D eigenvalue weighted by Crippen LogP contribution is -2.48. The Labute approximate surface area is 126 Å². The molecular weight excluding hydrogens is 305 g/mol. The molecule has 116 valence electrons. The summed E-state index contributed by atoms with van der Waals surface area (Å²) in [5.41, 5.74) is -0.626. The normalized spacial score (nSPS) is 13.8. The van der Waals surface area contributed by atoms with Crippen LogP contribution in [0.2, 0.25) is 0 Å². The molecule has 0 aromatic heterocycles. The van der Waals surface area contributed by atoms with Crippen LogP contribution in [-0.4, -0.2) is 37.1 Å². The molecule has 0 bridgehead atoms. The highest BCUT2D eigenvalue weighted by molar-refractivity contribution is 5.85. The molecule has 0 atom stereocenters. The van der Waals surface area contributed by atoms with Gasteiger partial charge in [0.25, 0.3) is 5.91 Å². The Morgan fingerprint density at radius 2 is 2.24 bits per heavy atom. The highest BCUT2D eigenvalue weighted by Crippen LogP contribution is 2.22. The lowest BCUT2D eigenvalue weighted by atomic mass is 10.0. The molecule has 0 saturated carbocycles. The van der Waals surface area contributed by atoms with Crippen LogP contribution in [-0.2, 0) is 4.79 Å². The standard InChI is InChI=1S/C12H14FN3O4.ClH/c13-10-3-9(1-2-11(10)16(18)19)20-7-12(17)15-6-8-4-14-5-8;/h1-3,8,14H,4-7H2,(H,15,17);1H. The summed E-state index contributed by atoms with van der Waals surface area (Å²) in [5.74, 6) is -0.784. The first-order chi connectivity index (χ1) is 9.56. The molecule has 1 fully saturated rings. The third-order valence-electron chi connectivity index (χ3n) is 2.94. The molecule has 0 aliphatic carbocycles. The molecule has 1 aliphatic heterocycles. The largest absolute Gasteiger partial charge is 0.484 e. The maximum atomic E-state index is 13.3. The van der Waals surface area contributed by atoms with E-state index in [1.165, 1.54) is 6.07 Å². The topological polar surface area (TPSA) is 93.5 Å². The Balaban J connectivity index is 0.00000220. The number of nitrogens with one attached hydrogen (secondary N) is 2. The monoisotopic (exact) mass is 319 g/mol. The predicted octanol–water partition coefficient (Wildman–Crippen LogP) is 0.870. The summed E-state index contributed by atoms with van der Waals surface area (Å²) < 4.78 is 18.4. The molecule has 0 unspecified atom stereocenters. The minimum Gasteiger partial charge on any atom is -0.484 e. The molecule has 7 nitrogen and oxygen atoms in total. The zero-order chi connectivity index (χ0) is 14.5. The molecule has 2 N–H and O–H groups in total. The maximum Gasteiger partial charge on any atom is 0.305 e. The van der Waals surface area contributed by atoms with Gasteiger partial charge >= 0.3 is 5.69 Å². The second kappa shape index (κ2) is 7.75. The zero-order valence-corrected chi connectivity index (χ0v) is 11.8. The highest BCUT2D eigenvalue weighted by Gasteiger charge is 2.18. The number of hydrogen-bond acceptors (Lipinski definition) is 5. The van der Waals surface area contributed by atoms with Crippen molar-refractivity contribution in [1.29, 1.82) is 0 Å². The molecule has 1 heterocycles. The first kappa shape index (κ1) is 17.1. The van der Waals surface area contributed by atoms with Gasteiger partial charge in [0.1, 0.15) is 5.75 Å². The average molecular weight is 320 g/mol. The summed E-state index contributed by atoms with van der Waals surface area (Å²) in [5, 5.41) is 16.2. The van der Waals surface area contributed by atoms with Crippen molar-refractivity contribution in [3.63, 3.8) is 0 Å². The number of carbonyl (C=O) groups excluding carboxylic acids is 1. The molecule has 2 rings (SSSR count). The Hall–Kier alpha value is -1.93. The van der Waals surface area contributed by atoms with Crippen molar-refractivity contribution in [2.75, 3.05) is 26.2 Å². The summed E-state index contributed by atoms with van der Waals surface area (Å²) in [6.45, 7) is 2.09. The minimum absolute atomic E-state index is 0. The van der Waals surface area contributed by atoms with Gasteiger partial charge in [-0.1, -0.05) is 0 Å². The van der Waals surface area contributed by atoms with Crippen LogP contribution in [0.15, 0.2) is 18.2 Å². The van der Waals surface area contributed by atoms with Crippen LogP contribution < -0.4 is 15.4 Å². The fourth-order valence-corrected chi connectivity index (χ4v) is 1.68. The lowest BCUT2D eigenvalue weighted by molar-refractivity contribution is -0.387. The van der Waals surface area contributed by atoms with Gasteiger partial charge in [-0.3, -0.25) is 14.9 Å². The average Bonchev–Trinajstić information content (AvgIpc) is 2.34. The summed E-state index contributed by atoms with van der Waals surface area (Å²) in [7, 11) is 0. The number of nitrogens with zero attached hydrogens (tertiary/aromatic N) is 1. The number of benzene rings is 1.